The number of hydrogen-bond donors (Lipinski definition) is 1. The summed E-state index contributed by atoms with van der Waals surface area (Å²) in [6.45, 7) is 5.17. The summed E-state index contributed by atoms with van der Waals surface area (Å²) in [5.74, 6) is 1.62. The van der Waals surface area contributed by atoms with Crippen molar-refractivity contribution < 1.29 is 0 Å². The van der Waals surface area contributed by atoms with E-state index in [-0.39, 0.29) is 0 Å². The zero-order valence-corrected chi connectivity index (χ0v) is 14.9. The van der Waals surface area contributed by atoms with Gasteiger partial charge in [0, 0.05) is 36.7 Å². The smallest absolute Gasteiger partial charge is 0.156 e. The number of nitrogens with one attached hydrogen (secondary N) is 1. The number of pyridine rings is 1. The second-order valence-corrected chi connectivity index (χ2v) is 7.13. The Labute approximate surface area is 151 Å². The highest BCUT2D eigenvalue weighted by atomic mass is 15.1. The average molecular weight is 346 g/mol. The molecule has 5 heterocycles. The largest absolute Gasteiger partial charge is 0.342 e. The second-order valence-electron chi connectivity index (χ2n) is 7.13. The Balaban J connectivity index is 1.29. The first-order valence-corrected chi connectivity index (χ1v) is 9.22. The molecule has 0 spiro atoms. The molecule has 26 heavy (non-hydrogen) atoms. The molecule has 0 saturated carbocycles. The summed E-state index contributed by atoms with van der Waals surface area (Å²) in [6, 6.07) is 8.46. The Morgan fingerprint density at radius 1 is 1.15 bits per heavy atom. The zero-order valence-electron chi connectivity index (χ0n) is 14.9. The molecule has 4 aromatic heterocycles. The topological polar surface area (TPSA) is 62.1 Å². The molecule has 1 N–H and O–H groups in total. The van der Waals surface area contributed by atoms with Crippen molar-refractivity contribution in [3.05, 3.63) is 60.1 Å². The van der Waals surface area contributed by atoms with Crippen LogP contribution in [0.1, 0.15) is 36.0 Å². The van der Waals surface area contributed by atoms with Crippen molar-refractivity contribution in [2.45, 2.75) is 32.2 Å². The molecule has 1 fully saturated rings. The van der Waals surface area contributed by atoms with Crippen molar-refractivity contribution in [3.63, 3.8) is 0 Å². The quantitative estimate of drug-likeness (QED) is 0.618. The maximum absolute atomic E-state index is 4.79. The highest BCUT2D eigenvalue weighted by Crippen LogP contribution is 2.29. The van der Waals surface area contributed by atoms with E-state index in [1.807, 2.05) is 0 Å². The Hall–Kier alpha value is -2.73. The maximum atomic E-state index is 4.79. The molecule has 1 aliphatic rings. The van der Waals surface area contributed by atoms with E-state index in [4.69, 9.17) is 4.98 Å². The number of rotatable bonds is 3. The fraction of sp³-hybridized carbons (Fsp3) is 0.350. The van der Waals surface area contributed by atoms with Crippen LogP contribution in [0.2, 0.25) is 0 Å². The van der Waals surface area contributed by atoms with E-state index >= 15 is 0 Å². The molecule has 0 bridgehead atoms. The molecule has 4 aromatic rings. The number of aromatic nitrogens is 5. The van der Waals surface area contributed by atoms with E-state index < -0.39 is 0 Å². The van der Waals surface area contributed by atoms with Crippen LogP contribution in [-0.2, 0) is 6.54 Å². The molecule has 132 valence electrons. The Morgan fingerprint density at radius 3 is 2.85 bits per heavy atom. The van der Waals surface area contributed by atoms with Crippen molar-refractivity contribution in [3.8, 4) is 0 Å². The molecular weight excluding hydrogens is 324 g/mol. The van der Waals surface area contributed by atoms with Crippen molar-refractivity contribution in [2.24, 2.45) is 0 Å². The van der Waals surface area contributed by atoms with E-state index in [2.05, 4.69) is 61.6 Å². The van der Waals surface area contributed by atoms with Gasteiger partial charge in [-0.2, -0.15) is 0 Å². The third kappa shape index (κ3) is 2.66. The van der Waals surface area contributed by atoms with E-state index in [1.165, 1.54) is 16.9 Å². The lowest BCUT2D eigenvalue weighted by Gasteiger charge is -2.31. The number of H-pyrrole nitrogens is 1. The van der Waals surface area contributed by atoms with Gasteiger partial charge >= 0.3 is 0 Å². The Morgan fingerprint density at radius 2 is 2.00 bits per heavy atom. The number of aryl methyl sites for hydroxylation is 1. The van der Waals surface area contributed by atoms with Crippen LogP contribution in [-0.4, -0.2) is 42.3 Å². The number of imidazole rings is 1. The molecule has 0 atom stereocenters. The third-order valence-corrected chi connectivity index (χ3v) is 5.48. The van der Waals surface area contributed by atoms with Gasteiger partial charge in [-0.1, -0.05) is 6.07 Å². The minimum atomic E-state index is 0.558. The van der Waals surface area contributed by atoms with E-state index in [0.717, 1.165) is 49.5 Å². The van der Waals surface area contributed by atoms with Gasteiger partial charge in [0.05, 0.1) is 11.2 Å². The van der Waals surface area contributed by atoms with Gasteiger partial charge in [-0.15, -0.1) is 0 Å². The van der Waals surface area contributed by atoms with Gasteiger partial charge in [-0.25, -0.2) is 9.97 Å². The fourth-order valence-corrected chi connectivity index (χ4v) is 4.09. The van der Waals surface area contributed by atoms with Crippen molar-refractivity contribution in [1.29, 1.82) is 0 Å². The Bertz CT molecular complexity index is 1020. The van der Waals surface area contributed by atoms with Crippen molar-refractivity contribution in [1.82, 2.24) is 29.2 Å². The SMILES string of the molecule is Cc1nc(CN2CCC(c3cc4nccnc4[nH]3)CC2)c2ccccn12. The molecule has 1 saturated heterocycles. The summed E-state index contributed by atoms with van der Waals surface area (Å²) in [6.07, 6.45) is 7.88. The van der Waals surface area contributed by atoms with Crippen LogP contribution in [0.25, 0.3) is 16.7 Å². The van der Waals surface area contributed by atoms with Crippen LogP contribution in [0, 0.1) is 6.92 Å². The first-order chi connectivity index (χ1) is 12.8. The van der Waals surface area contributed by atoms with Gasteiger partial charge in [0.25, 0.3) is 0 Å². The first-order valence-electron chi connectivity index (χ1n) is 9.22. The predicted molar refractivity (Wildman–Crippen MR) is 101 cm³/mol. The molecular formula is C20H22N6. The predicted octanol–water partition coefficient (Wildman–Crippen LogP) is 3.29. The van der Waals surface area contributed by atoms with Gasteiger partial charge in [-0.05, 0) is 51.1 Å². The summed E-state index contributed by atoms with van der Waals surface area (Å²) in [5, 5.41) is 0. The van der Waals surface area contributed by atoms with Gasteiger partial charge in [-0.3, -0.25) is 9.88 Å². The van der Waals surface area contributed by atoms with Crippen LogP contribution in [0.4, 0.5) is 0 Å². The minimum absolute atomic E-state index is 0.558. The molecule has 0 radical (unpaired) electrons. The lowest BCUT2D eigenvalue weighted by atomic mass is 9.93. The minimum Gasteiger partial charge on any atom is -0.342 e. The van der Waals surface area contributed by atoms with Crippen LogP contribution in [0.15, 0.2) is 42.9 Å². The number of aromatic amines is 1. The molecule has 0 unspecified atom stereocenters. The van der Waals surface area contributed by atoms with Gasteiger partial charge < -0.3 is 9.38 Å². The molecule has 6 heteroatoms. The maximum Gasteiger partial charge on any atom is 0.156 e. The number of likely N-dealkylation sites (tertiary alicyclic amines) is 1. The summed E-state index contributed by atoms with van der Waals surface area (Å²) in [5.41, 5.74) is 5.53. The number of piperidine rings is 1. The van der Waals surface area contributed by atoms with Gasteiger partial charge in [0.2, 0.25) is 0 Å². The number of fused-ring (bicyclic) bond motifs is 2. The third-order valence-electron chi connectivity index (χ3n) is 5.48. The molecule has 0 aliphatic carbocycles. The lowest BCUT2D eigenvalue weighted by molar-refractivity contribution is 0.202. The molecule has 0 amide bonds. The summed E-state index contributed by atoms with van der Waals surface area (Å²) in [4.78, 5) is 19.5. The molecule has 0 aromatic carbocycles. The Kier molecular flexibility index (Phi) is 3.71. The number of hydrogen-bond acceptors (Lipinski definition) is 4. The van der Waals surface area contributed by atoms with Gasteiger partial charge in [0.1, 0.15) is 11.3 Å². The second kappa shape index (κ2) is 6.21. The van der Waals surface area contributed by atoms with Crippen LogP contribution >= 0.6 is 0 Å². The number of nitrogens with zero attached hydrogens (tertiary/aromatic N) is 5. The zero-order chi connectivity index (χ0) is 17.5. The van der Waals surface area contributed by atoms with Crippen LogP contribution < -0.4 is 0 Å². The van der Waals surface area contributed by atoms with E-state index in [0.29, 0.717) is 5.92 Å². The normalized spacial score (nSPS) is 16.7. The van der Waals surface area contributed by atoms with E-state index in [1.54, 1.807) is 12.4 Å². The fourth-order valence-electron chi connectivity index (χ4n) is 4.09. The molecule has 5 rings (SSSR count). The van der Waals surface area contributed by atoms with Crippen LogP contribution in [0.3, 0.4) is 0 Å². The van der Waals surface area contributed by atoms with Crippen LogP contribution in [0.5, 0.6) is 0 Å². The lowest BCUT2D eigenvalue weighted by Crippen LogP contribution is -2.32. The van der Waals surface area contributed by atoms with Gasteiger partial charge in [0.15, 0.2) is 5.65 Å². The highest BCUT2D eigenvalue weighted by molar-refractivity contribution is 5.71. The first kappa shape index (κ1) is 15.5. The monoisotopic (exact) mass is 346 g/mol. The standard InChI is InChI=1S/C20H22N6/c1-14-23-18(19-4-2-3-9-26(14)19)13-25-10-5-15(6-11-25)16-12-17-20(24-16)22-8-7-21-17/h2-4,7-9,12,15H,5-6,10-11,13H2,1H3,(H,22,24). The molecule has 1 aliphatic heterocycles. The summed E-state index contributed by atoms with van der Waals surface area (Å²) >= 11 is 0. The highest BCUT2D eigenvalue weighted by Gasteiger charge is 2.23. The summed E-state index contributed by atoms with van der Waals surface area (Å²) in [7, 11) is 0. The van der Waals surface area contributed by atoms with Crippen molar-refractivity contribution in [2.75, 3.05) is 13.1 Å². The molecule has 6 nitrogen and oxygen atoms in total. The van der Waals surface area contributed by atoms with E-state index in [9.17, 15) is 0 Å². The van der Waals surface area contributed by atoms with Crippen molar-refractivity contribution >= 4 is 16.7 Å². The summed E-state index contributed by atoms with van der Waals surface area (Å²) < 4.78 is 2.17. The average Bonchev–Trinajstić information content (AvgIpc) is 3.24.